The first-order valence-electron chi connectivity index (χ1n) is 7.36. The fourth-order valence-corrected chi connectivity index (χ4v) is 3.36. The Labute approximate surface area is 110 Å². The van der Waals surface area contributed by atoms with E-state index in [1.165, 1.54) is 50.8 Å². The Hall–Kier alpha value is -1.02. The van der Waals surface area contributed by atoms with E-state index in [9.17, 15) is 0 Å². The maximum absolute atomic E-state index is 5.75. The zero-order valence-corrected chi connectivity index (χ0v) is 11.0. The highest BCUT2D eigenvalue weighted by atomic mass is 16.5. The van der Waals surface area contributed by atoms with Gasteiger partial charge in [0.1, 0.15) is 5.75 Å². The molecule has 1 aromatic carbocycles. The van der Waals surface area contributed by atoms with Gasteiger partial charge < -0.3 is 10.1 Å². The van der Waals surface area contributed by atoms with E-state index < -0.39 is 0 Å². The van der Waals surface area contributed by atoms with Crippen molar-refractivity contribution in [2.24, 2.45) is 5.92 Å². The van der Waals surface area contributed by atoms with E-state index in [-0.39, 0.29) is 0 Å². The first kappa shape index (κ1) is 12.0. The lowest BCUT2D eigenvalue weighted by Crippen LogP contribution is -2.24. The van der Waals surface area contributed by atoms with Crippen molar-refractivity contribution in [1.29, 1.82) is 0 Å². The molecule has 18 heavy (non-hydrogen) atoms. The van der Waals surface area contributed by atoms with Crippen LogP contribution in [0.15, 0.2) is 24.3 Å². The van der Waals surface area contributed by atoms with Crippen LogP contribution in [0.4, 0.5) is 0 Å². The van der Waals surface area contributed by atoms with Gasteiger partial charge in [0.15, 0.2) is 0 Å². The highest BCUT2D eigenvalue weighted by Crippen LogP contribution is 2.38. The van der Waals surface area contributed by atoms with Crippen molar-refractivity contribution in [3.8, 4) is 5.75 Å². The average molecular weight is 245 g/mol. The van der Waals surface area contributed by atoms with Gasteiger partial charge in [0.25, 0.3) is 0 Å². The molecule has 2 aliphatic rings. The molecule has 2 nitrogen and oxygen atoms in total. The molecule has 0 spiro atoms. The number of ether oxygens (including phenoxy) is 1. The third-order valence-electron chi connectivity index (χ3n) is 4.35. The smallest absolute Gasteiger partial charge is 0.122 e. The summed E-state index contributed by atoms with van der Waals surface area (Å²) in [5, 5.41) is 3.58. The normalized spacial score (nSPS) is 28.0. The molecule has 1 N–H and O–H groups in total. The second kappa shape index (κ2) is 5.75. The van der Waals surface area contributed by atoms with E-state index in [1.807, 2.05) is 0 Å². The minimum atomic E-state index is 0.708. The molecule has 0 saturated carbocycles. The second-order valence-corrected chi connectivity index (χ2v) is 5.67. The summed E-state index contributed by atoms with van der Waals surface area (Å²) in [6, 6.07) is 8.59. The van der Waals surface area contributed by atoms with Crippen LogP contribution in [0.3, 0.4) is 0 Å². The molecule has 0 aromatic heterocycles. The van der Waals surface area contributed by atoms with E-state index in [0.717, 1.165) is 18.3 Å². The van der Waals surface area contributed by atoms with E-state index in [1.54, 1.807) is 0 Å². The van der Waals surface area contributed by atoms with Gasteiger partial charge in [-0.05, 0) is 62.2 Å². The fraction of sp³-hybridized carbons (Fsp3) is 0.625. The Balaban J connectivity index is 1.69. The van der Waals surface area contributed by atoms with Crippen molar-refractivity contribution in [2.45, 2.75) is 38.0 Å². The summed E-state index contributed by atoms with van der Waals surface area (Å²) in [5.41, 5.74) is 1.44. The first-order chi connectivity index (χ1) is 8.93. The summed E-state index contributed by atoms with van der Waals surface area (Å²) < 4.78 is 5.75. The maximum atomic E-state index is 5.75. The molecule has 2 unspecified atom stereocenters. The van der Waals surface area contributed by atoms with Crippen molar-refractivity contribution < 1.29 is 4.74 Å². The lowest BCUT2D eigenvalue weighted by molar-refractivity contribution is 0.249. The van der Waals surface area contributed by atoms with E-state index in [4.69, 9.17) is 4.74 Å². The van der Waals surface area contributed by atoms with Crippen LogP contribution in [0.1, 0.15) is 43.6 Å². The van der Waals surface area contributed by atoms with Gasteiger partial charge in [-0.2, -0.15) is 0 Å². The molecule has 1 aromatic rings. The van der Waals surface area contributed by atoms with Crippen molar-refractivity contribution in [1.82, 2.24) is 5.32 Å². The van der Waals surface area contributed by atoms with Crippen LogP contribution in [0, 0.1) is 5.92 Å². The Morgan fingerprint density at radius 2 is 2.11 bits per heavy atom. The monoisotopic (exact) mass is 245 g/mol. The molecule has 1 fully saturated rings. The number of hydrogen-bond donors (Lipinski definition) is 1. The average Bonchev–Trinajstić information content (AvgIpc) is 2.68. The molecule has 0 radical (unpaired) electrons. The molecule has 3 rings (SSSR count). The minimum Gasteiger partial charge on any atom is -0.493 e. The summed E-state index contributed by atoms with van der Waals surface area (Å²) in [6.07, 6.45) is 6.65. The SMILES string of the molecule is c1ccc2c(c1)OCCC2CC1CCCCNC1. The van der Waals surface area contributed by atoms with E-state index in [0.29, 0.717) is 5.92 Å². The maximum Gasteiger partial charge on any atom is 0.122 e. The van der Waals surface area contributed by atoms with Gasteiger partial charge >= 0.3 is 0 Å². The number of hydrogen-bond acceptors (Lipinski definition) is 2. The van der Waals surface area contributed by atoms with Crippen molar-refractivity contribution >= 4 is 0 Å². The van der Waals surface area contributed by atoms with Gasteiger partial charge in [-0.1, -0.05) is 24.6 Å². The van der Waals surface area contributed by atoms with Crippen LogP contribution in [0.5, 0.6) is 5.75 Å². The third kappa shape index (κ3) is 2.69. The van der Waals surface area contributed by atoms with Crippen LogP contribution < -0.4 is 10.1 Å². The summed E-state index contributed by atoms with van der Waals surface area (Å²) in [4.78, 5) is 0. The van der Waals surface area contributed by atoms with Gasteiger partial charge in [0.05, 0.1) is 6.61 Å². The molecular formula is C16H23NO. The van der Waals surface area contributed by atoms with Crippen LogP contribution in [0.25, 0.3) is 0 Å². The Bertz CT molecular complexity index is 382. The van der Waals surface area contributed by atoms with Crippen LogP contribution in [-0.4, -0.2) is 19.7 Å². The third-order valence-corrected chi connectivity index (χ3v) is 4.35. The molecule has 0 bridgehead atoms. The quantitative estimate of drug-likeness (QED) is 0.863. The lowest BCUT2D eigenvalue weighted by Gasteiger charge is -2.28. The number of rotatable bonds is 2. The highest BCUT2D eigenvalue weighted by molar-refractivity contribution is 5.37. The predicted octanol–water partition coefficient (Wildman–Crippen LogP) is 3.33. The standard InChI is InChI=1S/C16H23NO/c1-2-7-16-15(6-1)14(8-10-18-16)11-13-5-3-4-9-17-12-13/h1-2,6-7,13-14,17H,3-5,8-12H2. The first-order valence-corrected chi connectivity index (χ1v) is 7.36. The van der Waals surface area contributed by atoms with Gasteiger partial charge in [-0.25, -0.2) is 0 Å². The molecular weight excluding hydrogens is 222 g/mol. The largest absolute Gasteiger partial charge is 0.493 e. The molecule has 2 heterocycles. The molecule has 98 valence electrons. The molecule has 2 heteroatoms. The van der Waals surface area contributed by atoms with Crippen molar-refractivity contribution in [3.05, 3.63) is 29.8 Å². The van der Waals surface area contributed by atoms with Crippen molar-refractivity contribution in [3.63, 3.8) is 0 Å². The summed E-state index contributed by atoms with van der Waals surface area (Å²) in [6.45, 7) is 3.31. The van der Waals surface area contributed by atoms with E-state index in [2.05, 4.69) is 29.6 Å². The predicted molar refractivity (Wildman–Crippen MR) is 74.1 cm³/mol. The minimum absolute atomic E-state index is 0.708. The molecule has 2 aliphatic heterocycles. The van der Waals surface area contributed by atoms with Crippen molar-refractivity contribution in [2.75, 3.05) is 19.7 Å². The summed E-state index contributed by atoms with van der Waals surface area (Å²) in [7, 11) is 0. The fourth-order valence-electron chi connectivity index (χ4n) is 3.36. The zero-order valence-electron chi connectivity index (χ0n) is 11.0. The Kier molecular flexibility index (Phi) is 3.84. The van der Waals surface area contributed by atoms with Gasteiger partial charge in [-0.3, -0.25) is 0 Å². The number of fused-ring (bicyclic) bond motifs is 1. The van der Waals surface area contributed by atoms with Gasteiger partial charge in [0, 0.05) is 0 Å². The Morgan fingerprint density at radius 1 is 1.17 bits per heavy atom. The summed E-state index contributed by atoms with van der Waals surface area (Å²) in [5.74, 6) is 2.68. The Morgan fingerprint density at radius 3 is 3.11 bits per heavy atom. The topological polar surface area (TPSA) is 21.3 Å². The van der Waals surface area contributed by atoms with Gasteiger partial charge in [-0.15, -0.1) is 0 Å². The summed E-state index contributed by atoms with van der Waals surface area (Å²) >= 11 is 0. The zero-order chi connectivity index (χ0) is 12.2. The molecule has 0 amide bonds. The number of para-hydroxylation sites is 1. The molecule has 0 aliphatic carbocycles. The second-order valence-electron chi connectivity index (χ2n) is 5.67. The van der Waals surface area contributed by atoms with Crippen LogP contribution in [0.2, 0.25) is 0 Å². The van der Waals surface area contributed by atoms with Crippen LogP contribution >= 0.6 is 0 Å². The highest BCUT2D eigenvalue weighted by Gasteiger charge is 2.24. The number of nitrogens with one attached hydrogen (secondary N) is 1. The molecule has 1 saturated heterocycles. The van der Waals surface area contributed by atoms with Gasteiger partial charge in [0.2, 0.25) is 0 Å². The van der Waals surface area contributed by atoms with E-state index >= 15 is 0 Å². The molecule has 2 atom stereocenters. The lowest BCUT2D eigenvalue weighted by atomic mass is 9.83. The number of benzene rings is 1. The van der Waals surface area contributed by atoms with Crippen LogP contribution in [-0.2, 0) is 0 Å².